The second kappa shape index (κ2) is 7.23. The molecule has 9 heteroatoms. The van der Waals surface area contributed by atoms with Gasteiger partial charge in [-0.15, -0.1) is 0 Å². The number of halogens is 3. The van der Waals surface area contributed by atoms with E-state index in [1.807, 2.05) is 0 Å². The summed E-state index contributed by atoms with van der Waals surface area (Å²) in [7, 11) is 0. The van der Waals surface area contributed by atoms with Crippen molar-refractivity contribution in [1.82, 2.24) is 0 Å². The summed E-state index contributed by atoms with van der Waals surface area (Å²) < 4.78 is 37.6. The lowest BCUT2D eigenvalue weighted by atomic mass is 10.1. The molecule has 1 aromatic carbocycles. The molecule has 0 spiro atoms. The standard InChI is InChI=1S/C12H16F3N3O3/c1-8(19)7-16-4-5-17-10-3-2-9(12(13,14)15)6-11(10)18(20)21/h2-3,6,8,16-17,19H,4-5,7H2,1H3/p+1/t8-/m0/s1. The largest absolute Gasteiger partial charge is 0.416 e. The molecule has 0 aliphatic rings. The predicted octanol–water partition coefficient (Wildman–Crippen LogP) is 0.970. The first-order valence-corrected chi connectivity index (χ1v) is 6.31. The smallest absolute Gasteiger partial charge is 0.388 e. The maximum atomic E-state index is 12.5. The van der Waals surface area contributed by atoms with Crippen molar-refractivity contribution >= 4 is 11.4 Å². The van der Waals surface area contributed by atoms with Gasteiger partial charge in [0.2, 0.25) is 0 Å². The lowest BCUT2D eigenvalue weighted by Gasteiger charge is -2.10. The molecule has 1 aromatic rings. The molecule has 0 aliphatic heterocycles. The van der Waals surface area contributed by atoms with Gasteiger partial charge in [0.25, 0.3) is 5.69 Å². The number of hydrogen-bond donors (Lipinski definition) is 3. The van der Waals surface area contributed by atoms with Crippen LogP contribution in [0.2, 0.25) is 0 Å². The van der Waals surface area contributed by atoms with E-state index in [0.717, 1.165) is 12.1 Å². The summed E-state index contributed by atoms with van der Waals surface area (Å²) >= 11 is 0. The Morgan fingerprint density at radius 2 is 2.14 bits per heavy atom. The van der Waals surface area contributed by atoms with Gasteiger partial charge in [-0.3, -0.25) is 10.1 Å². The minimum Gasteiger partial charge on any atom is -0.388 e. The zero-order chi connectivity index (χ0) is 16.0. The molecule has 4 N–H and O–H groups in total. The lowest BCUT2D eigenvalue weighted by Crippen LogP contribution is -2.87. The first-order chi connectivity index (χ1) is 9.71. The van der Waals surface area contributed by atoms with Gasteiger partial charge >= 0.3 is 6.18 Å². The quantitative estimate of drug-likeness (QED) is 0.397. The zero-order valence-electron chi connectivity index (χ0n) is 11.4. The Morgan fingerprint density at radius 3 is 2.67 bits per heavy atom. The zero-order valence-corrected chi connectivity index (χ0v) is 11.4. The molecule has 0 saturated carbocycles. The number of rotatable bonds is 7. The van der Waals surface area contributed by atoms with Crippen LogP contribution >= 0.6 is 0 Å². The Kier molecular flexibility index (Phi) is 5.91. The summed E-state index contributed by atoms with van der Waals surface area (Å²) in [5.74, 6) is 0. The second-order valence-corrected chi connectivity index (χ2v) is 4.58. The molecule has 0 amide bonds. The van der Waals surface area contributed by atoms with Crippen molar-refractivity contribution in [3.05, 3.63) is 33.9 Å². The van der Waals surface area contributed by atoms with Crippen molar-refractivity contribution in [2.24, 2.45) is 0 Å². The maximum absolute atomic E-state index is 12.5. The fraction of sp³-hybridized carbons (Fsp3) is 0.500. The van der Waals surface area contributed by atoms with Crippen LogP contribution in [-0.4, -0.2) is 35.8 Å². The van der Waals surface area contributed by atoms with Gasteiger partial charge in [-0.25, -0.2) is 0 Å². The Balaban J connectivity index is 2.72. The van der Waals surface area contributed by atoms with E-state index in [-0.39, 0.29) is 5.69 Å². The number of nitro groups is 1. The van der Waals surface area contributed by atoms with E-state index in [9.17, 15) is 23.3 Å². The van der Waals surface area contributed by atoms with E-state index in [4.69, 9.17) is 5.11 Å². The second-order valence-electron chi connectivity index (χ2n) is 4.58. The van der Waals surface area contributed by atoms with E-state index in [2.05, 4.69) is 5.32 Å². The summed E-state index contributed by atoms with van der Waals surface area (Å²) in [5, 5.41) is 24.4. The topological polar surface area (TPSA) is 92.0 Å². The van der Waals surface area contributed by atoms with Crippen LogP contribution < -0.4 is 10.6 Å². The number of benzene rings is 1. The Bertz CT molecular complexity index is 492. The molecular weight excluding hydrogens is 291 g/mol. The normalized spacial score (nSPS) is 13.0. The number of nitrogens with two attached hydrogens (primary N) is 1. The average Bonchev–Trinajstić information content (AvgIpc) is 2.36. The number of nitrogens with one attached hydrogen (secondary N) is 1. The number of aliphatic hydroxyl groups is 1. The first kappa shape index (κ1) is 17.2. The summed E-state index contributed by atoms with van der Waals surface area (Å²) in [5.41, 5.74) is -1.63. The average molecular weight is 308 g/mol. The minimum absolute atomic E-state index is 0.0402. The van der Waals surface area contributed by atoms with Gasteiger partial charge < -0.3 is 15.7 Å². The molecule has 1 atom stereocenters. The summed E-state index contributed by atoms with van der Waals surface area (Å²) in [6.45, 7) is 2.98. The number of alkyl halides is 3. The van der Waals surface area contributed by atoms with Crippen molar-refractivity contribution in [2.75, 3.05) is 25.0 Å². The van der Waals surface area contributed by atoms with Gasteiger partial charge in [0.1, 0.15) is 12.2 Å². The van der Waals surface area contributed by atoms with E-state index in [1.54, 1.807) is 12.2 Å². The molecule has 118 valence electrons. The van der Waals surface area contributed by atoms with E-state index >= 15 is 0 Å². The number of nitro benzene ring substituents is 1. The van der Waals surface area contributed by atoms with Crippen LogP contribution in [0.25, 0.3) is 0 Å². The molecule has 0 unspecified atom stereocenters. The lowest BCUT2D eigenvalue weighted by molar-refractivity contribution is -0.657. The van der Waals surface area contributed by atoms with E-state index < -0.39 is 28.5 Å². The molecule has 1 rings (SSSR count). The molecule has 0 heterocycles. The molecule has 21 heavy (non-hydrogen) atoms. The van der Waals surface area contributed by atoms with E-state index in [1.165, 1.54) is 0 Å². The number of quaternary nitrogens is 1. The van der Waals surface area contributed by atoms with Crippen molar-refractivity contribution in [1.29, 1.82) is 0 Å². The summed E-state index contributed by atoms with van der Waals surface area (Å²) in [4.78, 5) is 9.99. The van der Waals surface area contributed by atoms with Crippen LogP contribution in [0.15, 0.2) is 18.2 Å². The van der Waals surface area contributed by atoms with E-state index in [0.29, 0.717) is 25.7 Å². The van der Waals surface area contributed by atoms with Crippen LogP contribution in [0.3, 0.4) is 0 Å². The highest BCUT2D eigenvalue weighted by Gasteiger charge is 2.32. The molecule has 6 nitrogen and oxygen atoms in total. The highest BCUT2D eigenvalue weighted by Crippen LogP contribution is 2.34. The highest BCUT2D eigenvalue weighted by atomic mass is 19.4. The van der Waals surface area contributed by atoms with Crippen molar-refractivity contribution in [2.45, 2.75) is 19.2 Å². The van der Waals surface area contributed by atoms with Crippen molar-refractivity contribution < 1.29 is 28.5 Å². The van der Waals surface area contributed by atoms with Gasteiger partial charge in [0.15, 0.2) is 0 Å². The van der Waals surface area contributed by atoms with Gasteiger partial charge in [-0.05, 0) is 19.1 Å². The Labute approximate surface area is 119 Å². The number of anilines is 1. The molecule has 0 aromatic heterocycles. The van der Waals surface area contributed by atoms with Gasteiger partial charge in [0, 0.05) is 6.07 Å². The third-order valence-electron chi connectivity index (χ3n) is 2.69. The van der Waals surface area contributed by atoms with Crippen LogP contribution in [0, 0.1) is 10.1 Å². The summed E-state index contributed by atoms with van der Waals surface area (Å²) in [6.07, 6.45) is -5.08. The SMILES string of the molecule is C[C@H](O)C[NH2+]CCNc1ccc(C(F)(F)F)cc1[N+](=O)[O-]. The molecule has 0 fully saturated rings. The fourth-order valence-corrected chi connectivity index (χ4v) is 1.68. The first-order valence-electron chi connectivity index (χ1n) is 6.31. The molecule has 0 radical (unpaired) electrons. The number of hydrogen-bond acceptors (Lipinski definition) is 4. The van der Waals surface area contributed by atoms with Crippen LogP contribution in [0.4, 0.5) is 24.5 Å². The van der Waals surface area contributed by atoms with Crippen LogP contribution in [-0.2, 0) is 6.18 Å². The monoisotopic (exact) mass is 308 g/mol. The number of nitrogens with zero attached hydrogens (tertiary/aromatic N) is 1. The highest BCUT2D eigenvalue weighted by molar-refractivity contribution is 5.62. The third kappa shape index (κ3) is 5.56. The van der Waals surface area contributed by atoms with Crippen molar-refractivity contribution in [3.63, 3.8) is 0 Å². The molecule has 0 aliphatic carbocycles. The third-order valence-corrected chi connectivity index (χ3v) is 2.69. The predicted molar refractivity (Wildman–Crippen MR) is 69.9 cm³/mol. The Morgan fingerprint density at radius 1 is 1.48 bits per heavy atom. The summed E-state index contributed by atoms with van der Waals surface area (Å²) in [6, 6.07) is 2.37. The molecule has 0 saturated heterocycles. The van der Waals surface area contributed by atoms with Gasteiger partial charge in [-0.2, -0.15) is 13.2 Å². The number of aliphatic hydroxyl groups excluding tert-OH is 1. The molecule has 0 bridgehead atoms. The maximum Gasteiger partial charge on any atom is 0.416 e. The minimum atomic E-state index is -4.62. The van der Waals surface area contributed by atoms with Gasteiger partial charge in [0.05, 0.1) is 29.7 Å². The molecular formula is C12H17F3N3O3+. The van der Waals surface area contributed by atoms with Crippen molar-refractivity contribution in [3.8, 4) is 0 Å². The van der Waals surface area contributed by atoms with Crippen LogP contribution in [0.1, 0.15) is 12.5 Å². The fourth-order valence-electron chi connectivity index (χ4n) is 1.68. The Hall–Kier alpha value is -1.87. The van der Waals surface area contributed by atoms with Crippen LogP contribution in [0.5, 0.6) is 0 Å². The van der Waals surface area contributed by atoms with Gasteiger partial charge in [-0.1, -0.05) is 0 Å².